The Kier molecular flexibility index (Phi) is 5.56. The van der Waals surface area contributed by atoms with Gasteiger partial charge in [-0.3, -0.25) is 19.5 Å². The Labute approximate surface area is 128 Å². The Morgan fingerprint density at radius 2 is 1.41 bits per heavy atom. The van der Waals surface area contributed by atoms with Gasteiger partial charge in [-0.25, -0.2) is 0 Å². The maximum atomic E-state index is 10.9. The van der Waals surface area contributed by atoms with Gasteiger partial charge in [0.05, 0.1) is 16.0 Å². The van der Waals surface area contributed by atoms with Crippen LogP contribution in [0.25, 0.3) is 0 Å². The summed E-state index contributed by atoms with van der Waals surface area (Å²) < 4.78 is 29.6. The molecule has 1 aromatic carbocycles. The second-order valence-corrected chi connectivity index (χ2v) is 5.73. The summed E-state index contributed by atoms with van der Waals surface area (Å²) >= 11 is 0. The predicted octanol–water partition coefficient (Wildman–Crippen LogP) is 1.55. The molecule has 0 unspecified atom stereocenters. The number of carbonyl (C=O) groups is 2. The number of aryl methyl sites for hydroxylation is 1. The summed E-state index contributed by atoms with van der Waals surface area (Å²) in [6, 6.07) is 5.99. The molecular weight excluding hydrogens is 306 g/mol. The number of imide groups is 1. The quantitative estimate of drug-likeness (QED) is 0.650. The van der Waals surface area contributed by atoms with E-state index in [1.807, 2.05) is 6.92 Å². The highest BCUT2D eigenvalue weighted by molar-refractivity contribution is 7.85. The van der Waals surface area contributed by atoms with Crippen molar-refractivity contribution in [1.82, 2.24) is 5.32 Å². The molecule has 2 amide bonds. The number of amides is 2. The van der Waals surface area contributed by atoms with Gasteiger partial charge in [0.15, 0.2) is 0 Å². The van der Waals surface area contributed by atoms with E-state index >= 15 is 0 Å². The van der Waals surface area contributed by atoms with E-state index in [2.05, 4.69) is 18.5 Å². The molecule has 0 fully saturated rings. The van der Waals surface area contributed by atoms with Gasteiger partial charge in [-0.15, -0.1) is 0 Å². The first-order valence-electron chi connectivity index (χ1n) is 6.09. The minimum atomic E-state index is -4.02. The average molecular weight is 321 g/mol. The summed E-state index contributed by atoms with van der Waals surface area (Å²) in [5, 5.41) is 2.12. The average Bonchev–Trinajstić information content (AvgIpc) is 2.72. The van der Waals surface area contributed by atoms with Crippen molar-refractivity contribution in [2.45, 2.75) is 11.8 Å². The van der Waals surface area contributed by atoms with Gasteiger partial charge >= 0.3 is 0 Å². The minimum absolute atomic E-state index is 0.0666. The lowest BCUT2D eigenvalue weighted by Gasteiger charge is -1.95. The van der Waals surface area contributed by atoms with Crippen LogP contribution in [0.4, 0.5) is 0 Å². The second-order valence-electron chi connectivity index (χ2n) is 4.31. The fourth-order valence-corrected chi connectivity index (χ4v) is 2.08. The maximum Gasteiger partial charge on any atom is 0.294 e. The summed E-state index contributed by atoms with van der Waals surface area (Å²) in [5.41, 5.74) is 1.55. The Hall–Kier alpha value is -2.51. The second kappa shape index (κ2) is 6.97. The van der Waals surface area contributed by atoms with E-state index in [1.165, 1.54) is 24.3 Å². The minimum Gasteiger partial charge on any atom is -0.288 e. The molecule has 0 aliphatic carbocycles. The molecular formula is C15H15NO5S. The Morgan fingerprint density at radius 3 is 1.73 bits per heavy atom. The lowest BCUT2D eigenvalue weighted by molar-refractivity contribution is -0.123. The number of hydrogen-bond acceptors (Lipinski definition) is 4. The van der Waals surface area contributed by atoms with E-state index in [0.717, 1.165) is 5.56 Å². The van der Waals surface area contributed by atoms with Crippen molar-refractivity contribution >= 4 is 21.9 Å². The number of hydrogen-bond donors (Lipinski definition) is 2. The van der Waals surface area contributed by atoms with Crippen molar-refractivity contribution in [3.05, 3.63) is 66.3 Å². The third-order valence-corrected chi connectivity index (χ3v) is 3.60. The molecule has 6 nitrogen and oxygen atoms in total. The Balaban J connectivity index is 0.000000220. The standard InChI is InChI=1S/C8H7NO2.C7H8O3S/c1-3-5-6(4-2)8(11)9-7(5)10;1-6-2-4-7(5-3-6)11(8,9)10/h3-4H,1-2H2,(H,9,10,11);2-5H,1H3,(H,8,9,10). The molecule has 116 valence electrons. The monoisotopic (exact) mass is 321 g/mol. The van der Waals surface area contributed by atoms with Crippen LogP contribution in [-0.4, -0.2) is 24.8 Å². The molecule has 22 heavy (non-hydrogen) atoms. The molecule has 0 spiro atoms. The molecule has 1 heterocycles. The van der Waals surface area contributed by atoms with Gasteiger partial charge in [-0.1, -0.05) is 43.0 Å². The molecule has 0 aromatic heterocycles. The topological polar surface area (TPSA) is 101 Å². The Morgan fingerprint density at radius 1 is 1.00 bits per heavy atom. The van der Waals surface area contributed by atoms with Crippen LogP contribution in [0, 0.1) is 6.92 Å². The summed E-state index contributed by atoms with van der Waals surface area (Å²) in [5.74, 6) is -0.806. The maximum absolute atomic E-state index is 10.9. The van der Waals surface area contributed by atoms with E-state index in [-0.39, 0.29) is 4.90 Å². The predicted molar refractivity (Wildman–Crippen MR) is 81.6 cm³/mol. The molecule has 2 rings (SSSR count). The fourth-order valence-electron chi connectivity index (χ4n) is 1.60. The van der Waals surface area contributed by atoms with E-state index in [4.69, 9.17) is 4.55 Å². The van der Waals surface area contributed by atoms with E-state index in [0.29, 0.717) is 11.1 Å². The van der Waals surface area contributed by atoms with Crippen molar-refractivity contribution in [3.63, 3.8) is 0 Å². The van der Waals surface area contributed by atoms with Crippen molar-refractivity contribution in [2.75, 3.05) is 0 Å². The van der Waals surface area contributed by atoms with Crippen LogP contribution in [0.5, 0.6) is 0 Å². The first-order chi connectivity index (χ1) is 10.2. The zero-order valence-corrected chi connectivity index (χ0v) is 12.7. The summed E-state index contributed by atoms with van der Waals surface area (Å²) in [6.45, 7) is 8.66. The first kappa shape index (κ1) is 17.5. The molecule has 2 N–H and O–H groups in total. The van der Waals surface area contributed by atoms with Crippen molar-refractivity contribution in [3.8, 4) is 0 Å². The smallest absolute Gasteiger partial charge is 0.288 e. The number of carbonyl (C=O) groups excluding carboxylic acids is 2. The van der Waals surface area contributed by atoms with Crippen LogP contribution < -0.4 is 5.32 Å². The first-order valence-corrected chi connectivity index (χ1v) is 7.53. The highest BCUT2D eigenvalue weighted by Gasteiger charge is 2.25. The number of nitrogens with one attached hydrogen (secondary N) is 1. The normalized spacial score (nSPS) is 14.1. The van der Waals surface area contributed by atoms with E-state index in [1.54, 1.807) is 12.1 Å². The molecule has 0 saturated heterocycles. The molecule has 1 aromatic rings. The zero-order chi connectivity index (χ0) is 16.9. The number of rotatable bonds is 3. The van der Waals surface area contributed by atoms with Gasteiger partial charge in [0.2, 0.25) is 0 Å². The SMILES string of the molecule is C=CC1=C(C=C)C(=O)NC1=O.Cc1ccc(S(=O)(=O)O)cc1. The highest BCUT2D eigenvalue weighted by atomic mass is 32.2. The van der Waals surface area contributed by atoms with Gasteiger partial charge in [0.1, 0.15) is 0 Å². The van der Waals surface area contributed by atoms with Gasteiger partial charge in [-0.05, 0) is 19.1 Å². The van der Waals surface area contributed by atoms with E-state index in [9.17, 15) is 18.0 Å². The zero-order valence-electron chi connectivity index (χ0n) is 11.9. The number of benzene rings is 1. The molecule has 0 atom stereocenters. The molecule has 0 saturated carbocycles. The van der Waals surface area contributed by atoms with Crippen molar-refractivity contribution in [1.29, 1.82) is 0 Å². The van der Waals surface area contributed by atoms with Gasteiger partial charge in [0, 0.05) is 0 Å². The molecule has 7 heteroatoms. The third-order valence-electron chi connectivity index (χ3n) is 2.73. The van der Waals surface area contributed by atoms with Crippen LogP contribution in [0.3, 0.4) is 0 Å². The van der Waals surface area contributed by atoms with Crippen LogP contribution in [0.2, 0.25) is 0 Å². The van der Waals surface area contributed by atoms with Crippen LogP contribution in [-0.2, 0) is 19.7 Å². The van der Waals surface area contributed by atoms with Crippen molar-refractivity contribution in [2.24, 2.45) is 0 Å². The lowest BCUT2D eigenvalue weighted by Crippen LogP contribution is -2.22. The molecule has 0 bridgehead atoms. The van der Waals surface area contributed by atoms with Gasteiger partial charge in [-0.2, -0.15) is 8.42 Å². The molecule has 0 radical (unpaired) electrons. The summed E-state index contributed by atoms with van der Waals surface area (Å²) in [7, 11) is -4.02. The van der Waals surface area contributed by atoms with Crippen LogP contribution >= 0.6 is 0 Å². The van der Waals surface area contributed by atoms with E-state index < -0.39 is 21.9 Å². The van der Waals surface area contributed by atoms with Crippen LogP contribution in [0.1, 0.15) is 5.56 Å². The molecule has 1 aliphatic heterocycles. The fraction of sp³-hybridized carbons (Fsp3) is 0.0667. The third kappa shape index (κ3) is 4.24. The summed E-state index contributed by atoms with van der Waals surface area (Å²) in [6.07, 6.45) is 2.69. The van der Waals surface area contributed by atoms with Gasteiger partial charge in [0.25, 0.3) is 21.9 Å². The lowest BCUT2D eigenvalue weighted by atomic mass is 10.1. The van der Waals surface area contributed by atoms with Crippen molar-refractivity contribution < 1.29 is 22.6 Å². The van der Waals surface area contributed by atoms with Crippen LogP contribution in [0.15, 0.2) is 65.6 Å². The Bertz CT molecular complexity index is 730. The largest absolute Gasteiger partial charge is 0.294 e. The highest BCUT2D eigenvalue weighted by Crippen LogP contribution is 2.13. The van der Waals surface area contributed by atoms with Gasteiger partial charge < -0.3 is 0 Å². The molecule has 1 aliphatic rings. The summed E-state index contributed by atoms with van der Waals surface area (Å²) in [4.78, 5) is 21.7.